The molecule has 0 atom stereocenters. The molecule has 0 fully saturated rings. The van der Waals surface area contributed by atoms with Gasteiger partial charge < -0.3 is 15.4 Å². The number of nitrogens with zero attached hydrogens (tertiary/aromatic N) is 1. The quantitative estimate of drug-likeness (QED) is 0.224. The van der Waals surface area contributed by atoms with E-state index in [1.807, 2.05) is 37.3 Å². The van der Waals surface area contributed by atoms with Gasteiger partial charge in [0.15, 0.2) is 0 Å². The lowest BCUT2D eigenvalue weighted by molar-refractivity contribution is -0.120. The summed E-state index contributed by atoms with van der Waals surface area (Å²) in [5.74, 6) is -0.935. The second-order valence-electron chi connectivity index (χ2n) is 9.02. The van der Waals surface area contributed by atoms with Gasteiger partial charge in [-0.3, -0.25) is 14.4 Å². The van der Waals surface area contributed by atoms with Crippen LogP contribution in [-0.2, 0) is 16.2 Å². The molecule has 0 saturated heterocycles. The predicted molar refractivity (Wildman–Crippen MR) is 157 cm³/mol. The first kappa shape index (κ1) is 27.0. The molecule has 4 aromatic carbocycles. The number of rotatable bonds is 8. The summed E-state index contributed by atoms with van der Waals surface area (Å²) in [7, 11) is 0. The van der Waals surface area contributed by atoms with Crippen LogP contribution in [0.25, 0.3) is 0 Å². The van der Waals surface area contributed by atoms with Crippen LogP contribution in [0.15, 0.2) is 108 Å². The summed E-state index contributed by atoms with van der Waals surface area (Å²) < 4.78 is 5.80. The Bertz CT molecular complexity index is 1620. The molecule has 1 heterocycles. The number of aryl methyl sites for hydroxylation is 1. The van der Waals surface area contributed by atoms with Gasteiger partial charge >= 0.3 is 0 Å². The number of ether oxygens (including phenoxy) is 1. The SMILES string of the molecule is Cc1ccc(C(=O)Nc2ccc(OCc3ccccc3)cc2)cc1NC1=C(Cl)C(=O)N(c2ccc(Cl)cc2)C1=O. The third kappa shape index (κ3) is 5.86. The summed E-state index contributed by atoms with van der Waals surface area (Å²) in [6.07, 6.45) is 0. The number of imide groups is 1. The van der Waals surface area contributed by atoms with Gasteiger partial charge in [-0.2, -0.15) is 0 Å². The lowest BCUT2D eigenvalue weighted by Crippen LogP contribution is -2.32. The summed E-state index contributed by atoms with van der Waals surface area (Å²) in [6.45, 7) is 2.25. The minimum absolute atomic E-state index is 0.0756. The van der Waals surface area contributed by atoms with E-state index in [0.29, 0.717) is 40.0 Å². The summed E-state index contributed by atoms with van der Waals surface area (Å²) in [5.41, 5.74) is 3.47. The maximum Gasteiger partial charge on any atom is 0.283 e. The molecule has 0 unspecified atom stereocenters. The number of carbonyl (C=O) groups is 3. The van der Waals surface area contributed by atoms with Gasteiger partial charge in [0.05, 0.1) is 5.69 Å². The number of amides is 3. The van der Waals surface area contributed by atoms with Crippen molar-refractivity contribution in [1.29, 1.82) is 0 Å². The van der Waals surface area contributed by atoms with Crippen LogP contribution in [0.1, 0.15) is 21.5 Å². The monoisotopic (exact) mass is 571 g/mol. The molecule has 0 radical (unpaired) electrons. The highest BCUT2D eigenvalue weighted by molar-refractivity contribution is 6.53. The van der Waals surface area contributed by atoms with Crippen LogP contribution in [0.5, 0.6) is 5.75 Å². The molecular weight excluding hydrogens is 549 g/mol. The molecule has 2 N–H and O–H groups in total. The Morgan fingerprint density at radius 1 is 0.850 bits per heavy atom. The van der Waals surface area contributed by atoms with Crippen LogP contribution >= 0.6 is 23.2 Å². The molecular formula is C31H23Cl2N3O4. The highest BCUT2D eigenvalue weighted by Gasteiger charge is 2.39. The molecule has 200 valence electrons. The van der Waals surface area contributed by atoms with E-state index in [9.17, 15) is 14.4 Å². The van der Waals surface area contributed by atoms with E-state index in [-0.39, 0.29) is 16.6 Å². The zero-order chi connectivity index (χ0) is 28.2. The van der Waals surface area contributed by atoms with E-state index in [0.717, 1.165) is 16.0 Å². The second-order valence-corrected chi connectivity index (χ2v) is 9.83. The minimum atomic E-state index is -0.653. The fourth-order valence-electron chi connectivity index (χ4n) is 4.05. The van der Waals surface area contributed by atoms with Crippen molar-refractivity contribution in [2.45, 2.75) is 13.5 Å². The van der Waals surface area contributed by atoms with Crippen molar-refractivity contribution in [3.8, 4) is 5.75 Å². The summed E-state index contributed by atoms with van der Waals surface area (Å²) in [5, 5.41) is 6.04. The molecule has 0 aromatic heterocycles. The van der Waals surface area contributed by atoms with Gasteiger partial charge in [-0.05, 0) is 78.7 Å². The van der Waals surface area contributed by atoms with Gasteiger partial charge in [0.2, 0.25) is 0 Å². The predicted octanol–water partition coefficient (Wildman–Crippen LogP) is 6.92. The second kappa shape index (κ2) is 11.7. The van der Waals surface area contributed by atoms with Crippen molar-refractivity contribution < 1.29 is 19.1 Å². The van der Waals surface area contributed by atoms with Crippen LogP contribution in [0, 0.1) is 6.92 Å². The molecule has 3 amide bonds. The maximum absolute atomic E-state index is 13.1. The molecule has 9 heteroatoms. The fraction of sp³-hybridized carbons (Fsp3) is 0.0645. The third-order valence-electron chi connectivity index (χ3n) is 6.23. The van der Waals surface area contributed by atoms with Crippen LogP contribution in [0.3, 0.4) is 0 Å². The van der Waals surface area contributed by atoms with Crippen LogP contribution in [0.2, 0.25) is 5.02 Å². The number of anilines is 3. The first-order chi connectivity index (χ1) is 19.3. The molecule has 4 aromatic rings. The molecule has 0 bridgehead atoms. The smallest absolute Gasteiger partial charge is 0.283 e. The van der Waals surface area contributed by atoms with E-state index < -0.39 is 11.8 Å². The Labute approximate surface area is 241 Å². The Morgan fingerprint density at radius 2 is 1.55 bits per heavy atom. The van der Waals surface area contributed by atoms with E-state index >= 15 is 0 Å². The Balaban J connectivity index is 1.26. The number of hydrogen-bond donors (Lipinski definition) is 2. The summed E-state index contributed by atoms with van der Waals surface area (Å²) in [4.78, 5) is 39.9. The zero-order valence-electron chi connectivity index (χ0n) is 21.3. The van der Waals surface area contributed by atoms with Crippen LogP contribution in [0.4, 0.5) is 17.1 Å². The number of halogens is 2. The highest BCUT2D eigenvalue weighted by Crippen LogP contribution is 2.32. The van der Waals surface area contributed by atoms with Gasteiger partial charge in [0, 0.05) is 22.0 Å². The number of benzene rings is 4. The third-order valence-corrected chi connectivity index (χ3v) is 6.83. The molecule has 40 heavy (non-hydrogen) atoms. The van der Waals surface area contributed by atoms with Crippen LogP contribution < -0.4 is 20.3 Å². The Kier molecular flexibility index (Phi) is 7.86. The lowest BCUT2D eigenvalue weighted by Gasteiger charge is -2.16. The molecule has 5 rings (SSSR count). The molecule has 0 aliphatic carbocycles. The summed E-state index contributed by atoms with van der Waals surface area (Å²) in [6, 6.07) is 28.2. The topological polar surface area (TPSA) is 87.7 Å². The molecule has 1 aliphatic heterocycles. The van der Waals surface area contributed by atoms with E-state index in [2.05, 4.69) is 10.6 Å². The van der Waals surface area contributed by atoms with Gasteiger partial charge in [-0.15, -0.1) is 0 Å². The van der Waals surface area contributed by atoms with Gasteiger partial charge in [0.1, 0.15) is 23.1 Å². The average molecular weight is 572 g/mol. The van der Waals surface area contributed by atoms with Crippen molar-refractivity contribution in [2.75, 3.05) is 15.5 Å². The van der Waals surface area contributed by atoms with E-state index in [1.165, 1.54) is 0 Å². The normalized spacial score (nSPS) is 13.0. The van der Waals surface area contributed by atoms with Crippen molar-refractivity contribution in [3.63, 3.8) is 0 Å². The van der Waals surface area contributed by atoms with Gasteiger partial charge in [0.25, 0.3) is 17.7 Å². The Hall–Kier alpha value is -4.59. The average Bonchev–Trinajstić information content (AvgIpc) is 3.17. The highest BCUT2D eigenvalue weighted by atomic mass is 35.5. The lowest BCUT2D eigenvalue weighted by atomic mass is 10.1. The standard InChI is InChI=1S/C31H23Cl2N3O4/c1-19-7-8-21(29(37)34-23-11-15-25(16-12-23)40-18-20-5-3-2-4-6-20)17-26(19)35-28-27(33)30(38)36(31(28)39)24-13-9-22(32)10-14-24/h2-17,35H,18H2,1H3,(H,34,37). The van der Waals surface area contributed by atoms with Gasteiger partial charge in [-0.1, -0.05) is 59.6 Å². The first-order valence-corrected chi connectivity index (χ1v) is 13.1. The van der Waals surface area contributed by atoms with Crippen molar-refractivity contribution in [2.24, 2.45) is 0 Å². The first-order valence-electron chi connectivity index (χ1n) is 12.3. The summed E-state index contributed by atoms with van der Waals surface area (Å²) >= 11 is 12.2. The van der Waals surface area contributed by atoms with E-state index in [4.69, 9.17) is 27.9 Å². The van der Waals surface area contributed by atoms with Crippen molar-refractivity contribution in [1.82, 2.24) is 0 Å². The van der Waals surface area contributed by atoms with Gasteiger partial charge in [-0.25, -0.2) is 4.90 Å². The van der Waals surface area contributed by atoms with Crippen molar-refractivity contribution in [3.05, 3.63) is 130 Å². The Morgan fingerprint density at radius 3 is 2.25 bits per heavy atom. The van der Waals surface area contributed by atoms with Crippen molar-refractivity contribution >= 4 is 58.0 Å². The molecule has 7 nitrogen and oxygen atoms in total. The largest absolute Gasteiger partial charge is 0.489 e. The minimum Gasteiger partial charge on any atom is -0.489 e. The number of nitrogens with one attached hydrogen (secondary N) is 2. The zero-order valence-corrected chi connectivity index (χ0v) is 22.8. The molecule has 0 saturated carbocycles. The number of carbonyl (C=O) groups excluding carboxylic acids is 3. The fourth-order valence-corrected chi connectivity index (χ4v) is 4.39. The van der Waals surface area contributed by atoms with E-state index in [1.54, 1.807) is 66.7 Å². The molecule has 1 aliphatic rings. The number of hydrogen-bond acceptors (Lipinski definition) is 5. The van der Waals surface area contributed by atoms with Crippen LogP contribution in [-0.4, -0.2) is 17.7 Å². The maximum atomic E-state index is 13.1. The molecule has 0 spiro atoms.